The highest BCUT2D eigenvalue weighted by Gasteiger charge is 2.18. The third-order valence-electron chi connectivity index (χ3n) is 3.57. The quantitative estimate of drug-likeness (QED) is 0.873. The fourth-order valence-corrected chi connectivity index (χ4v) is 2.48. The normalized spacial score (nSPS) is 21.4. The van der Waals surface area contributed by atoms with Gasteiger partial charge in [0.05, 0.1) is 12.6 Å². The van der Waals surface area contributed by atoms with E-state index in [0.717, 1.165) is 25.2 Å². The zero-order valence-electron chi connectivity index (χ0n) is 12.0. The van der Waals surface area contributed by atoms with Gasteiger partial charge in [-0.3, -0.25) is 9.69 Å². The summed E-state index contributed by atoms with van der Waals surface area (Å²) in [4.78, 5) is 14.2. The number of hydrogen-bond donors (Lipinski definition) is 2. The molecular weight excluding hydrogens is 257 g/mol. The van der Waals surface area contributed by atoms with Gasteiger partial charge in [-0.05, 0) is 31.5 Å². The summed E-state index contributed by atoms with van der Waals surface area (Å²) in [6, 6.07) is 6.54. The van der Waals surface area contributed by atoms with Gasteiger partial charge in [0.15, 0.2) is 0 Å². The van der Waals surface area contributed by atoms with Crippen LogP contribution in [0.3, 0.4) is 0 Å². The van der Waals surface area contributed by atoms with Gasteiger partial charge in [0.1, 0.15) is 5.82 Å². The SMILES string of the molecule is CC(NC(=O)CN1CCN[C@H](C)C1)c1ccc(F)cc1. The molecule has 0 spiro atoms. The van der Waals surface area contributed by atoms with E-state index < -0.39 is 0 Å². The Morgan fingerprint density at radius 1 is 1.50 bits per heavy atom. The third kappa shape index (κ3) is 4.28. The predicted octanol–water partition coefficient (Wildman–Crippen LogP) is 1.30. The summed E-state index contributed by atoms with van der Waals surface area (Å²) >= 11 is 0. The van der Waals surface area contributed by atoms with E-state index in [1.807, 2.05) is 6.92 Å². The van der Waals surface area contributed by atoms with Crippen LogP contribution >= 0.6 is 0 Å². The van der Waals surface area contributed by atoms with Gasteiger partial charge in [0.2, 0.25) is 5.91 Å². The highest BCUT2D eigenvalue weighted by molar-refractivity contribution is 5.78. The number of carbonyl (C=O) groups is 1. The highest BCUT2D eigenvalue weighted by Crippen LogP contribution is 2.12. The van der Waals surface area contributed by atoms with E-state index in [0.29, 0.717) is 12.6 Å². The lowest BCUT2D eigenvalue weighted by molar-refractivity contribution is -0.123. The molecule has 0 radical (unpaired) electrons. The molecule has 4 nitrogen and oxygen atoms in total. The van der Waals surface area contributed by atoms with E-state index in [2.05, 4.69) is 22.5 Å². The monoisotopic (exact) mass is 279 g/mol. The van der Waals surface area contributed by atoms with E-state index in [1.165, 1.54) is 12.1 Å². The van der Waals surface area contributed by atoms with Crippen LogP contribution < -0.4 is 10.6 Å². The molecule has 5 heteroatoms. The lowest BCUT2D eigenvalue weighted by Gasteiger charge is -2.31. The Labute approximate surface area is 119 Å². The topological polar surface area (TPSA) is 44.4 Å². The standard InChI is InChI=1S/C15H22FN3O/c1-11-9-19(8-7-17-11)10-15(20)18-12(2)13-3-5-14(16)6-4-13/h3-6,11-12,17H,7-10H2,1-2H3,(H,18,20)/t11-,12?/m1/s1. The van der Waals surface area contributed by atoms with Crippen LogP contribution in [0.2, 0.25) is 0 Å². The first-order valence-corrected chi connectivity index (χ1v) is 7.05. The van der Waals surface area contributed by atoms with Gasteiger partial charge in [-0.25, -0.2) is 4.39 Å². The Morgan fingerprint density at radius 2 is 2.20 bits per heavy atom. The molecule has 1 heterocycles. The molecule has 2 atom stereocenters. The van der Waals surface area contributed by atoms with Crippen molar-refractivity contribution in [2.24, 2.45) is 0 Å². The van der Waals surface area contributed by atoms with E-state index in [4.69, 9.17) is 0 Å². The van der Waals surface area contributed by atoms with Crippen molar-refractivity contribution in [3.63, 3.8) is 0 Å². The molecule has 1 saturated heterocycles. The van der Waals surface area contributed by atoms with Crippen LogP contribution in [-0.4, -0.2) is 43.0 Å². The van der Waals surface area contributed by atoms with E-state index in [9.17, 15) is 9.18 Å². The number of halogens is 1. The predicted molar refractivity (Wildman–Crippen MR) is 76.9 cm³/mol. The van der Waals surface area contributed by atoms with Gasteiger partial charge in [-0.1, -0.05) is 12.1 Å². The molecule has 2 rings (SSSR count). The molecule has 1 aliphatic rings. The Balaban J connectivity index is 1.83. The molecule has 2 N–H and O–H groups in total. The molecule has 1 unspecified atom stereocenters. The smallest absolute Gasteiger partial charge is 0.234 e. The molecule has 0 aromatic heterocycles. The first kappa shape index (κ1) is 14.9. The number of amides is 1. The van der Waals surface area contributed by atoms with Crippen molar-refractivity contribution in [3.8, 4) is 0 Å². The van der Waals surface area contributed by atoms with Gasteiger partial charge in [-0.15, -0.1) is 0 Å². The number of nitrogens with zero attached hydrogens (tertiary/aromatic N) is 1. The molecule has 0 aliphatic carbocycles. The molecule has 1 fully saturated rings. The lowest BCUT2D eigenvalue weighted by Crippen LogP contribution is -2.51. The van der Waals surface area contributed by atoms with Crippen molar-refractivity contribution in [1.82, 2.24) is 15.5 Å². The van der Waals surface area contributed by atoms with E-state index in [1.54, 1.807) is 12.1 Å². The van der Waals surface area contributed by atoms with Gasteiger partial charge in [-0.2, -0.15) is 0 Å². The molecule has 1 amide bonds. The van der Waals surface area contributed by atoms with Crippen molar-refractivity contribution in [2.45, 2.75) is 25.9 Å². The first-order chi connectivity index (χ1) is 9.54. The van der Waals surface area contributed by atoms with Crippen molar-refractivity contribution in [2.75, 3.05) is 26.2 Å². The number of rotatable bonds is 4. The molecule has 0 bridgehead atoms. The van der Waals surface area contributed by atoms with Gasteiger partial charge in [0, 0.05) is 25.7 Å². The minimum Gasteiger partial charge on any atom is -0.348 e. The summed E-state index contributed by atoms with van der Waals surface area (Å²) in [7, 11) is 0. The maximum absolute atomic E-state index is 12.9. The van der Waals surface area contributed by atoms with Crippen LogP contribution in [0.1, 0.15) is 25.5 Å². The Bertz CT molecular complexity index is 449. The summed E-state index contributed by atoms with van der Waals surface area (Å²) in [6.07, 6.45) is 0. The summed E-state index contributed by atoms with van der Waals surface area (Å²) in [5, 5.41) is 6.30. The molecule has 110 valence electrons. The number of benzene rings is 1. The van der Waals surface area contributed by atoms with E-state index >= 15 is 0 Å². The number of carbonyl (C=O) groups excluding carboxylic acids is 1. The summed E-state index contributed by atoms with van der Waals surface area (Å²) in [6.45, 7) is 7.14. The lowest BCUT2D eigenvalue weighted by atomic mass is 10.1. The van der Waals surface area contributed by atoms with Crippen molar-refractivity contribution >= 4 is 5.91 Å². The van der Waals surface area contributed by atoms with Crippen molar-refractivity contribution in [3.05, 3.63) is 35.6 Å². The third-order valence-corrected chi connectivity index (χ3v) is 3.57. The van der Waals surface area contributed by atoms with Crippen LogP contribution in [0.5, 0.6) is 0 Å². The number of nitrogens with one attached hydrogen (secondary N) is 2. The number of piperazine rings is 1. The highest BCUT2D eigenvalue weighted by atomic mass is 19.1. The van der Waals surface area contributed by atoms with E-state index in [-0.39, 0.29) is 17.8 Å². The second-order valence-electron chi connectivity index (χ2n) is 5.43. The van der Waals surface area contributed by atoms with Crippen LogP contribution in [-0.2, 0) is 4.79 Å². The maximum atomic E-state index is 12.9. The average Bonchev–Trinajstić information content (AvgIpc) is 2.39. The molecular formula is C15H22FN3O. The Morgan fingerprint density at radius 3 is 2.85 bits per heavy atom. The molecule has 1 aromatic rings. The zero-order valence-corrected chi connectivity index (χ0v) is 12.0. The van der Waals surface area contributed by atoms with Gasteiger partial charge >= 0.3 is 0 Å². The fraction of sp³-hybridized carbons (Fsp3) is 0.533. The van der Waals surface area contributed by atoms with Crippen LogP contribution in [0.15, 0.2) is 24.3 Å². The Hall–Kier alpha value is -1.46. The number of hydrogen-bond acceptors (Lipinski definition) is 3. The minimum atomic E-state index is -0.262. The van der Waals surface area contributed by atoms with Gasteiger partial charge < -0.3 is 10.6 Å². The summed E-state index contributed by atoms with van der Waals surface area (Å²) < 4.78 is 12.9. The van der Waals surface area contributed by atoms with Crippen LogP contribution in [0.4, 0.5) is 4.39 Å². The second-order valence-corrected chi connectivity index (χ2v) is 5.43. The van der Waals surface area contributed by atoms with Gasteiger partial charge in [0.25, 0.3) is 0 Å². The zero-order chi connectivity index (χ0) is 14.5. The molecule has 1 aliphatic heterocycles. The van der Waals surface area contributed by atoms with Crippen molar-refractivity contribution in [1.29, 1.82) is 0 Å². The minimum absolute atomic E-state index is 0.0101. The maximum Gasteiger partial charge on any atom is 0.234 e. The second kappa shape index (κ2) is 6.81. The van der Waals surface area contributed by atoms with Crippen molar-refractivity contribution < 1.29 is 9.18 Å². The summed E-state index contributed by atoms with van der Waals surface area (Å²) in [5.41, 5.74) is 0.911. The fourth-order valence-electron chi connectivity index (χ4n) is 2.48. The summed E-state index contributed by atoms with van der Waals surface area (Å²) in [5.74, 6) is -0.252. The Kier molecular flexibility index (Phi) is 5.09. The average molecular weight is 279 g/mol. The first-order valence-electron chi connectivity index (χ1n) is 7.05. The molecule has 0 saturated carbocycles. The van der Waals surface area contributed by atoms with Crippen LogP contribution in [0.25, 0.3) is 0 Å². The largest absolute Gasteiger partial charge is 0.348 e. The van der Waals surface area contributed by atoms with Crippen LogP contribution in [0, 0.1) is 5.82 Å². The molecule has 1 aromatic carbocycles. The molecule has 20 heavy (non-hydrogen) atoms.